The summed E-state index contributed by atoms with van der Waals surface area (Å²) < 4.78 is 0. The van der Waals surface area contributed by atoms with E-state index in [-0.39, 0.29) is 17.9 Å². The fourth-order valence-electron chi connectivity index (χ4n) is 1.98. The molecule has 0 unspecified atom stereocenters. The third-order valence-electron chi connectivity index (χ3n) is 2.99. The molecule has 5 heteroatoms. The van der Waals surface area contributed by atoms with E-state index in [2.05, 4.69) is 25.2 Å². The molecular formula is C15H22N4O. The molecule has 0 radical (unpaired) electrons. The Morgan fingerprint density at radius 3 is 2.70 bits per heavy atom. The number of hydrogen-bond donors (Lipinski definition) is 2. The lowest BCUT2D eigenvalue weighted by atomic mass is 9.93. The minimum atomic E-state index is -0.136. The predicted octanol–water partition coefficient (Wildman–Crippen LogP) is 1.41. The van der Waals surface area contributed by atoms with Crippen molar-refractivity contribution in [2.75, 3.05) is 32.0 Å². The number of rotatable bonds is 6. The number of para-hydroxylation sites is 1. The first kappa shape index (κ1) is 16.2. The second-order valence-electron chi connectivity index (χ2n) is 5.75. The maximum atomic E-state index is 12.0. The summed E-state index contributed by atoms with van der Waals surface area (Å²) in [6.07, 6.45) is 0. The van der Waals surface area contributed by atoms with E-state index in [9.17, 15) is 4.79 Å². The van der Waals surface area contributed by atoms with E-state index in [1.807, 2.05) is 11.9 Å². The van der Waals surface area contributed by atoms with E-state index in [1.54, 1.807) is 24.3 Å². The van der Waals surface area contributed by atoms with Crippen LogP contribution in [-0.2, 0) is 4.79 Å². The van der Waals surface area contributed by atoms with Crippen LogP contribution in [0.5, 0.6) is 0 Å². The highest BCUT2D eigenvalue weighted by Crippen LogP contribution is 2.15. The van der Waals surface area contributed by atoms with Gasteiger partial charge in [0.05, 0.1) is 17.8 Å². The first-order valence-electron chi connectivity index (χ1n) is 6.55. The number of likely N-dealkylation sites (N-methyl/N-ethyl adjacent to an activating group) is 1. The van der Waals surface area contributed by atoms with Gasteiger partial charge in [0, 0.05) is 6.54 Å². The lowest BCUT2D eigenvalue weighted by Crippen LogP contribution is -2.40. The molecule has 0 atom stereocenters. The molecule has 0 aromatic heterocycles. The molecule has 1 aromatic carbocycles. The van der Waals surface area contributed by atoms with Crippen LogP contribution in [0.1, 0.15) is 19.4 Å². The fraction of sp³-hybridized carbons (Fsp3) is 0.467. The third-order valence-corrected chi connectivity index (χ3v) is 2.99. The van der Waals surface area contributed by atoms with Gasteiger partial charge in [-0.1, -0.05) is 26.0 Å². The van der Waals surface area contributed by atoms with E-state index < -0.39 is 0 Å². The molecule has 5 nitrogen and oxygen atoms in total. The summed E-state index contributed by atoms with van der Waals surface area (Å²) in [6, 6.07) is 9.01. The van der Waals surface area contributed by atoms with Crippen LogP contribution in [0, 0.1) is 16.7 Å². The number of amides is 1. The van der Waals surface area contributed by atoms with Gasteiger partial charge in [-0.05, 0) is 31.1 Å². The molecule has 0 spiro atoms. The van der Waals surface area contributed by atoms with Gasteiger partial charge in [-0.25, -0.2) is 0 Å². The summed E-state index contributed by atoms with van der Waals surface area (Å²) >= 11 is 0. The molecule has 0 fully saturated rings. The van der Waals surface area contributed by atoms with Gasteiger partial charge in [0.1, 0.15) is 6.07 Å². The first-order chi connectivity index (χ1) is 9.38. The minimum absolute atomic E-state index is 0.0282. The molecule has 108 valence electrons. The Morgan fingerprint density at radius 1 is 1.45 bits per heavy atom. The monoisotopic (exact) mass is 274 g/mol. The number of nitriles is 1. The van der Waals surface area contributed by atoms with Gasteiger partial charge in [0.2, 0.25) is 5.91 Å². The lowest BCUT2D eigenvalue weighted by molar-refractivity contribution is -0.117. The Morgan fingerprint density at radius 2 is 2.10 bits per heavy atom. The fourth-order valence-corrected chi connectivity index (χ4v) is 1.98. The summed E-state index contributed by atoms with van der Waals surface area (Å²) in [6.45, 7) is 5.69. The largest absolute Gasteiger partial charge is 0.330 e. The maximum absolute atomic E-state index is 12.0. The van der Waals surface area contributed by atoms with Gasteiger partial charge in [-0.2, -0.15) is 5.26 Å². The summed E-state index contributed by atoms with van der Waals surface area (Å²) in [5.74, 6) is -0.136. The molecular weight excluding hydrogens is 252 g/mol. The van der Waals surface area contributed by atoms with Crippen LogP contribution in [-0.4, -0.2) is 37.5 Å². The zero-order chi connectivity index (χ0) is 15.2. The Labute approximate surface area is 120 Å². The smallest absolute Gasteiger partial charge is 0.238 e. The molecule has 1 aromatic rings. The molecule has 0 saturated heterocycles. The number of nitrogens with one attached hydrogen (secondary N) is 1. The van der Waals surface area contributed by atoms with Crippen molar-refractivity contribution < 1.29 is 4.79 Å². The highest BCUT2D eigenvalue weighted by atomic mass is 16.2. The van der Waals surface area contributed by atoms with E-state index in [4.69, 9.17) is 11.0 Å². The topological polar surface area (TPSA) is 82.2 Å². The second-order valence-corrected chi connectivity index (χ2v) is 5.75. The van der Waals surface area contributed by atoms with Crippen molar-refractivity contribution in [3.05, 3.63) is 29.8 Å². The van der Waals surface area contributed by atoms with Gasteiger partial charge in [-0.15, -0.1) is 0 Å². The van der Waals surface area contributed by atoms with Crippen molar-refractivity contribution >= 4 is 11.6 Å². The zero-order valence-corrected chi connectivity index (χ0v) is 12.3. The average Bonchev–Trinajstić information content (AvgIpc) is 2.38. The quantitative estimate of drug-likeness (QED) is 0.821. The highest BCUT2D eigenvalue weighted by molar-refractivity contribution is 5.93. The predicted molar refractivity (Wildman–Crippen MR) is 80.1 cm³/mol. The maximum Gasteiger partial charge on any atom is 0.238 e. The number of carbonyl (C=O) groups is 1. The molecule has 0 saturated carbocycles. The zero-order valence-electron chi connectivity index (χ0n) is 12.3. The summed E-state index contributed by atoms with van der Waals surface area (Å²) in [4.78, 5) is 13.9. The van der Waals surface area contributed by atoms with Gasteiger partial charge in [0.15, 0.2) is 0 Å². The lowest BCUT2D eigenvalue weighted by Gasteiger charge is -2.28. The molecule has 0 bridgehead atoms. The van der Waals surface area contributed by atoms with Crippen molar-refractivity contribution in [3.8, 4) is 6.07 Å². The normalized spacial score (nSPS) is 11.2. The van der Waals surface area contributed by atoms with Crippen LogP contribution in [0.15, 0.2) is 24.3 Å². The van der Waals surface area contributed by atoms with Crippen LogP contribution in [0.4, 0.5) is 5.69 Å². The molecule has 1 rings (SSSR count). The highest BCUT2D eigenvalue weighted by Gasteiger charge is 2.19. The van der Waals surface area contributed by atoms with Crippen LogP contribution < -0.4 is 11.1 Å². The van der Waals surface area contributed by atoms with E-state index in [0.29, 0.717) is 17.8 Å². The Hall–Kier alpha value is -1.90. The SMILES string of the molecule is CN(CC(=O)Nc1ccccc1C#N)CC(C)(C)CN. The van der Waals surface area contributed by atoms with Gasteiger partial charge in [0.25, 0.3) is 0 Å². The number of hydrogen-bond acceptors (Lipinski definition) is 4. The van der Waals surface area contributed by atoms with Crippen LogP contribution in [0.2, 0.25) is 0 Å². The van der Waals surface area contributed by atoms with Crippen LogP contribution in [0.3, 0.4) is 0 Å². The minimum Gasteiger partial charge on any atom is -0.330 e. The third kappa shape index (κ3) is 5.00. The van der Waals surface area contributed by atoms with Crippen molar-refractivity contribution in [2.45, 2.75) is 13.8 Å². The second kappa shape index (κ2) is 7.04. The summed E-state index contributed by atoms with van der Waals surface area (Å²) in [5.41, 5.74) is 6.67. The molecule has 0 heterocycles. The van der Waals surface area contributed by atoms with E-state index >= 15 is 0 Å². The molecule has 3 N–H and O–H groups in total. The average molecular weight is 274 g/mol. The van der Waals surface area contributed by atoms with Crippen molar-refractivity contribution in [3.63, 3.8) is 0 Å². The van der Waals surface area contributed by atoms with Crippen molar-refractivity contribution in [2.24, 2.45) is 11.1 Å². The van der Waals surface area contributed by atoms with Crippen molar-refractivity contribution in [1.29, 1.82) is 5.26 Å². The Balaban J connectivity index is 2.58. The molecule has 0 aliphatic heterocycles. The van der Waals surface area contributed by atoms with Gasteiger partial charge >= 0.3 is 0 Å². The van der Waals surface area contributed by atoms with E-state index in [0.717, 1.165) is 6.54 Å². The van der Waals surface area contributed by atoms with Gasteiger partial charge in [-0.3, -0.25) is 9.69 Å². The molecule has 1 amide bonds. The standard InChI is InChI=1S/C15H22N4O/c1-15(2,10-17)11-19(3)9-14(20)18-13-7-5-4-6-12(13)8-16/h4-7H,9-11,17H2,1-3H3,(H,18,20). The van der Waals surface area contributed by atoms with Gasteiger partial charge < -0.3 is 11.1 Å². The summed E-state index contributed by atoms with van der Waals surface area (Å²) in [5, 5.41) is 11.7. The number of nitrogens with two attached hydrogens (primary N) is 1. The van der Waals surface area contributed by atoms with Crippen molar-refractivity contribution in [1.82, 2.24) is 4.90 Å². The van der Waals surface area contributed by atoms with Crippen LogP contribution in [0.25, 0.3) is 0 Å². The van der Waals surface area contributed by atoms with E-state index in [1.165, 1.54) is 0 Å². The molecule has 20 heavy (non-hydrogen) atoms. The first-order valence-corrected chi connectivity index (χ1v) is 6.55. The Bertz CT molecular complexity index is 505. The number of nitrogens with zero attached hydrogens (tertiary/aromatic N) is 2. The molecule has 0 aliphatic rings. The summed E-state index contributed by atoms with van der Waals surface area (Å²) in [7, 11) is 1.88. The number of anilines is 1. The Kier molecular flexibility index (Phi) is 5.68. The molecule has 0 aliphatic carbocycles. The van der Waals surface area contributed by atoms with Crippen LogP contribution >= 0.6 is 0 Å². The number of carbonyl (C=O) groups excluding carboxylic acids is 1. The number of benzene rings is 1.